The van der Waals surface area contributed by atoms with Gasteiger partial charge in [-0.05, 0) is 40.1 Å². The first-order valence-electron chi connectivity index (χ1n) is 8.01. The minimum absolute atomic E-state index is 0.663. The largest absolute Gasteiger partial charge is 0.493 e. The lowest BCUT2D eigenvalue weighted by molar-refractivity contribution is 0.342. The van der Waals surface area contributed by atoms with Gasteiger partial charge in [0.05, 0.1) is 6.61 Å². The van der Waals surface area contributed by atoms with Crippen LogP contribution in [0.25, 0.3) is 32.7 Å². The predicted molar refractivity (Wildman–Crippen MR) is 98.1 cm³/mol. The maximum atomic E-state index is 5.95. The first-order valence-corrected chi connectivity index (χ1v) is 8.01. The van der Waals surface area contributed by atoms with Crippen LogP contribution in [-0.4, -0.2) is 6.61 Å². The van der Waals surface area contributed by atoms with Gasteiger partial charge in [-0.25, -0.2) is 0 Å². The SMILES string of the molecule is CCOc1ccc2ccccc2c1-c1cccc2ccccc12. The summed E-state index contributed by atoms with van der Waals surface area (Å²) in [4.78, 5) is 0. The zero-order valence-corrected chi connectivity index (χ0v) is 13.1. The molecule has 0 aliphatic heterocycles. The maximum absolute atomic E-state index is 5.95. The summed E-state index contributed by atoms with van der Waals surface area (Å²) in [6.07, 6.45) is 0. The van der Waals surface area contributed by atoms with Crippen molar-refractivity contribution >= 4 is 21.5 Å². The highest BCUT2D eigenvalue weighted by molar-refractivity contribution is 6.07. The molecule has 1 heteroatoms. The van der Waals surface area contributed by atoms with E-state index in [9.17, 15) is 0 Å². The van der Waals surface area contributed by atoms with Crippen LogP contribution < -0.4 is 4.74 Å². The highest BCUT2D eigenvalue weighted by Gasteiger charge is 2.13. The molecule has 0 saturated carbocycles. The summed E-state index contributed by atoms with van der Waals surface area (Å²) < 4.78 is 5.95. The van der Waals surface area contributed by atoms with Gasteiger partial charge in [0.1, 0.15) is 5.75 Å². The van der Waals surface area contributed by atoms with E-state index in [2.05, 4.69) is 78.9 Å². The Balaban J connectivity index is 2.12. The summed E-state index contributed by atoms with van der Waals surface area (Å²) >= 11 is 0. The molecule has 4 rings (SSSR count). The Kier molecular flexibility index (Phi) is 3.47. The smallest absolute Gasteiger partial charge is 0.127 e. The summed E-state index contributed by atoms with van der Waals surface area (Å²) in [6.45, 7) is 2.69. The van der Waals surface area contributed by atoms with E-state index in [0.29, 0.717) is 6.61 Å². The van der Waals surface area contributed by atoms with E-state index >= 15 is 0 Å². The lowest BCUT2D eigenvalue weighted by atomic mass is 9.93. The first-order chi connectivity index (χ1) is 11.4. The zero-order valence-electron chi connectivity index (χ0n) is 13.1. The molecule has 4 aromatic carbocycles. The summed E-state index contributed by atoms with van der Waals surface area (Å²) in [5.41, 5.74) is 2.41. The number of hydrogen-bond donors (Lipinski definition) is 0. The Labute approximate surface area is 136 Å². The van der Waals surface area contributed by atoms with Crippen LogP contribution in [0, 0.1) is 0 Å². The van der Waals surface area contributed by atoms with Crippen LogP contribution >= 0.6 is 0 Å². The van der Waals surface area contributed by atoms with Crippen molar-refractivity contribution in [3.8, 4) is 16.9 Å². The molecule has 0 unspecified atom stereocenters. The molecule has 0 amide bonds. The standard InChI is InChI=1S/C22H18O/c1-2-23-21-15-14-17-9-4-6-12-19(17)22(21)20-13-7-10-16-8-3-5-11-18(16)20/h3-15H,2H2,1H3. The van der Waals surface area contributed by atoms with Gasteiger partial charge in [-0.2, -0.15) is 0 Å². The first kappa shape index (κ1) is 13.8. The van der Waals surface area contributed by atoms with E-state index in [-0.39, 0.29) is 0 Å². The topological polar surface area (TPSA) is 9.23 Å². The van der Waals surface area contributed by atoms with E-state index in [0.717, 1.165) is 5.75 Å². The molecule has 0 atom stereocenters. The third kappa shape index (κ3) is 2.35. The number of fused-ring (bicyclic) bond motifs is 2. The predicted octanol–water partition coefficient (Wildman–Crippen LogP) is 6.06. The van der Waals surface area contributed by atoms with E-state index in [1.807, 2.05) is 6.92 Å². The summed E-state index contributed by atoms with van der Waals surface area (Å²) in [5, 5.41) is 4.97. The fourth-order valence-electron chi connectivity index (χ4n) is 3.25. The third-order valence-corrected chi connectivity index (χ3v) is 4.25. The lowest BCUT2D eigenvalue weighted by Crippen LogP contribution is -1.95. The number of benzene rings is 4. The molecular weight excluding hydrogens is 280 g/mol. The molecule has 23 heavy (non-hydrogen) atoms. The summed E-state index contributed by atoms with van der Waals surface area (Å²) in [7, 11) is 0. The second kappa shape index (κ2) is 5.77. The van der Waals surface area contributed by atoms with Crippen LogP contribution in [0.2, 0.25) is 0 Å². The van der Waals surface area contributed by atoms with Crippen molar-refractivity contribution < 1.29 is 4.74 Å². The van der Waals surface area contributed by atoms with Gasteiger partial charge < -0.3 is 4.74 Å². The zero-order chi connectivity index (χ0) is 15.6. The molecule has 0 spiro atoms. The Bertz CT molecular complexity index is 980. The van der Waals surface area contributed by atoms with Gasteiger partial charge in [-0.15, -0.1) is 0 Å². The minimum atomic E-state index is 0.663. The van der Waals surface area contributed by atoms with Gasteiger partial charge in [0.15, 0.2) is 0 Å². The molecule has 0 bridgehead atoms. The van der Waals surface area contributed by atoms with Crippen LogP contribution in [0.4, 0.5) is 0 Å². The fourth-order valence-corrected chi connectivity index (χ4v) is 3.25. The van der Waals surface area contributed by atoms with Gasteiger partial charge in [-0.3, -0.25) is 0 Å². The quantitative estimate of drug-likeness (QED) is 0.447. The lowest BCUT2D eigenvalue weighted by Gasteiger charge is -2.15. The van der Waals surface area contributed by atoms with Gasteiger partial charge in [0.25, 0.3) is 0 Å². The van der Waals surface area contributed by atoms with Crippen LogP contribution in [0.1, 0.15) is 6.92 Å². The average molecular weight is 298 g/mol. The molecule has 0 N–H and O–H groups in total. The van der Waals surface area contributed by atoms with Crippen LogP contribution in [-0.2, 0) is 0 Å². The second-order valence-electron chi connectivity index (χ2n) is 5.62. The number of rotatable bonds is 3. The molecular formula is C22H18O. The molecule has 0 heterocycles. The Morgan fingerprint density at radius 1 is 0.652 bits per heavy atom. The van der Waals surface area contributed by atoms with E-state index in [1.54, 1.807) is 0 Å². The fraction of sp³-hybridized carbons (Fsp3) is 0.0909. The molecule has 1 nitrogen and oxygen atoms in total. The third-order valence-electron chi connectivity index (χ3n) is 4.25. The van der Waals surface area contributed by atoms with Crippen molar-refractivity contribution in [2.45, 2.75) is 6.92 Å². The van der Waals surface area contributed by atoms with E-state index in [4.69, 9.17) is 4.74 Å². The second-order valence-corrected chi connectivity index (χ2v) is 5.62. The Morgan fingerprint density at radius 2 is 1.30 bits per heavy atom. The van der Waals surface area contributed by atoms with Crippen molar-refractivity contribution in [1.82, 2.24) is 0 Å². The molecule has 0 aliphatic carbocycles. The van der Waals surface area contributed by atoms with Gasteiger partial charge in [-0.1, -0.05) is 72.8 Å². The monoisotopic (exact) mass is 298 g/mol. The van der Waals surface area contributed by atoms with E-state index < -0.39 is 0 Å². The van der Waals surface area contributed by atoms with Gasteiger partial charge in [0.2, 0.25) is 0 Å². The molecule has 0 aromatic heterocycles. The molecule has 0 saturated heterocycles. The highest BCUT2D eigenvalue weighted by Crippen LogP contribution is 2.40. The van der Waals surface area contributed by atoms with Crippen LogP contribution in [0.3, 0.4) is 0 Å². The van der Waals surface area contributed by atoms with Gasteiger partial charge in [0, 0.05) is 5.56 Å². The van der Waals surface area contributed by atoms with Crippen LogP contribution in [0.15, 0.2) is 78.9 Å². The van der Waals surface area contributed by atoms with Crippen molar-refractivity contribution in [2.75, 3.05) is 6.61 Å². The maximum Gasteiger partial charge on any atom is 0.127 e. The molecule has 0 aliphatic rings. The molecule has 112 valence electrons. The van der Waals surface area contributed by atoms with Crippen molar-refractivity contribution in [1.29, 1.82) is 0 Å². The highest BCUT2D eigenvalue weighted by atomic mass is 16.5. The summed E-state index contributed by atoms with van der Waals surface area (Å²) in [6, 6.07) is 27.7. The normalized spacial score (nSPS) is 11.0. The minimum Gasteiger partial charge on any atom is -0.493 e. The molecule has 0 fully saturated rings. The molecule has 0 radical (unpaired) electrons. The summed E-state index contributed by atoms with van der Waals surface area (Å²) in [5.74, 6) is 0.947. The van der Waals surface area contributed by atoms with Gasteiger partial charge >= 0.3 is 0 Å². The van der Waals surface area contributed by atoms with Crippen molar-refractivity contribution in [3.05, 3.63) is 78.9 Å². The number of ether oxygens (including phenoxy) is 1. The Hall–Kier alpha value is -2.80. The van der Waals surface area contributed by atoms with Crippen molar-refractivity contribution in [2.24, 2.45) is 0 Å². The number of hydrogen-bond acceptors (Lipinski definition) is 1. The van der Waals surface area contributed by atoms with Crippen LogP contribution in [0.5, 0.6) is 5.75 Å². The van der Waals surface area contributed by atoms with E-state index in [1.165, 1.54) is 32.7 Å². The van der Waals surface area contributed by atoms with Crippen molar-refractivity contribution in [3.63, 3.8) is 0 Å². The Morgan fingerprint density at radius 3 is 2.09 bits per heavy atom. The molecule has 4 aromatic rings. The average Bonchev–Trinajstić information content (AvgIpc) is 2.61.